The Hall–Kier alpha value is -2.48. The number of aliphatic hydroxyl groups excluding tert-OH is 15. The smallest absolute Gasteiger partial charge is 0.313 e. The van der Waals surface area contributed by atoms with Crippen LogP contribution in [-0.2, 0) is 85.4 Å². The molecule has 15 N–H and O–H groups in total. The number of fused-ring (bicyclic) bond motifs is 4. The molecule has 11 rings (SSSR count). The molecule has 1 spiro atoms. The molecule has 0 unspecified atom stereocenters. The Balaban J connectivity index is 0.836. The van der Waals surface area contributed by atoms with Crippen LogP contribution in [0.4, 0.5) is 0 Å². The third-order valence-corrected chi connectivity index (χ3v) is 24.8. The van der Waals surface area contributed by atoms with Crippen molar-refractivity contribution in [1.29, 1.82) is 0 Å². The van der Waals surface area contributed by atoms with Gasteiger partial charge in [-0.1, -0.05) is 53.2 Å². The monoisotopic (exact) mass is 1450 g/mol. The summed E-state index contributed by atoms with van der Waals surface area (Å²) in [5.41, 5.74) is -1.92. The standard InChI is InChI=1S/C68H110O33/c1-27(2)19-29(90-28(3)73)20-67(8)39-14-17-66(7)31-11-12-38-64(4,5)40(15-16-65(38,6)30(31)13-18-68(39,66)63(85)101-67)96-62-56(44(78)37(26-89-62)95-59-50(84)55(43(77)35(23-71)91-59)99-61-49(83)54(87-10)42(76)34(22-70)93-61)100-58-46(80)45(79)52(36(24-72)94-58)98-57-47(81)51(32(74)25-88-57)97-60-48(82)53(86-9)41(75)33(21-69)92-60/h11,27,29-30,32-62,69-72,74-84H,12-26H2,1-10H3/t29-,30+,32+,33+,34+,35+,36+,37+,38-,39+,40-,41+,42+,43+,44-,45+,46+,47+,48+,49+,50+,51-,52+,53-,54-,55-,56+,57-,58-,59-,60-,61-,62-,65+,66-,67-,68+/m0/s1. The molecule has 101 heavy (non-hydrogen) atoms. The van der Waals surface area contributed by atoms with E-state index in [-0.39, 0.29) is 41.0 Å². The van der Waals surface area contributed by atoms with Crippen LogP contribution in [0.5, 0.6) is 0 Å². The quantitative estimate of drug-likeness (QED) is 0.0344. The summed E-state index contributed by atoms with van der Waals surface area (Å²) in [5, 5.41) is 167. The van der Waals surface area contributed by atoms with E-state index in [9.17, 15) is 86.2 Å². The van der Waals surface area contributed by atoms with Gasteiger partial charge in [0.15, 0.2) is 37.7 Å². The summed E-state index contributed by atoms with van der Waals surface area (Å²) in [4.78, 5) is 27.2. The average Bonchev–Trinajstić information content (AvgIpc) is 1.53. The Morgan fingerprint density at radius 3 is 1.62 bits per heavy atom. The maximum atomic E-state index is 14.8. The summed E-state index contributed by atoms with van der Waals surface area (Å²) in [5.74, 6) is -0.435. The lowest BCUT2D eigenvalue weighted by Gasteiger charge is -2.64. The van der Waals surface area contributed by atoms with Crippen LogP contribution in [-0.4, -0.2) is 332 Å². The molecule has 3 saturated carbocycles. The molecule has 4 aliphatic carbocycles. The zero-order valence-electron chi connectivity index (χ0n) is 58.9. The molecule has 33 heteroatoms. The third kappa shape index (κ3) is 14.3. The first kappa shape index (κ1) is 79.6. The number of aliphatic hydroxyl groups is 15. The summed E-state index contributed by atoms with van der Waals surface area (Å²) < 4.78 is 95.8. The minimum absolute atomic E-state index is 0.0434. The molecule has 7 aliphatic heterocycles. The average molecular weight is 1460 g/mol. The number of rotatable bonds is 23. The van der Waals surface area contributed by atoms with E-state index in [0.29, 0.717) is 44.9 Å². The highest BCUT2D eigenvalue weighted by atomic mass is 16.8. The highest BCUT2D eigenvalue weighted by molar-refractivity contribution is 5.83. The molecule has 0 aromatic carbocycles. The molecule has 7 heterocycles. The number of esters is 2. The van der Waals surface area contributed by atoms with Crippen LogP contribution >= 0.6 is 0 Å². The number of hydrogen-bond acceptors (Lipinski definition) is 33. The molecular weight excluding hydrogens is 1340 g/mol. The van der Waals surface area contributed by atoms with Gasteiger partial charge in [-0.15, -0.1) is 0 Å². The summed E-state index contributed by atoms with van der Waals surface area (Å²) in [7, 11) is 2.37. The number of allylic oxidation sites excluding steroid dienone is 2. The topological polar surface area (TPSA) is 485 Å². The van der Waals surface area contributed by atoms with Gasteiger partial charge in [-0.3, -0.25) is 9.59 Å². The van der Waals surface area contributed by atoms with E-state index in [1.165, 1.54) is 26.7 Å². The fraction of sp³-hybridized carbons (Fsp3) is 0.941. The van der Waals surface area contributed by atoms with Crippen molar-refractivity contribution in [3.8, 4) is 0 Å². The second kappa shape index (κ2) is 31.2. The maximum absolute atomic E-state index is 14.8. The zero-order valence-corrected chi connectivity index (χ0v) is 58.9. The fourth-order valence-electron chi connectivity index (χ4n) is 19.6. The molecule has 11 aliphatic rings. The van der Waals surface area contributed by atoms with Crippen molar-refractivity contribution < 1.29 is 162 Å². The lowest BCUT2D eigenvalue weighted by atomic mass is 9.41. The van der Waals surface area contributed by atoms with Crippen LogP contribution in [0, 0.1) is 45.3 Å². The van der Waals surface area contributed by atoms with Gasteiger partial charge in [0.1, 0.15) is 146 Å². The van der Waals surface area contributed by atoms with E-state index in [1.54, 1.807) is 0 Å². The molecule has 580 valence electrons. The third-order valence-electron chi connectivity index (χ3n) is 24.8. The molecule has 33 nitrogen and oxygen atoms in total. The van der Waals surface area contributed by atoms with Gasteiger partial charge in [0.25, 0.3) is 0 Å². The van der Waals surface area contributed by atoms with E-state index in [4.69, 9.17) is 75.8 Å². The van der Waals surface area contributed by atoms with Crippen molar-refractivity contribution in [2.24, 2.45) is 45.3 Å². The van der Waals surface area contributed by atoms with Gasteiger partial charge in [0.05, 0.1) is 51.2 Å². The van der Waals surface area contributed by atoms with Gasteiger partial charge in [-0.2, -0.15) is 0 Å². The van der Waals surface area contributed by atoms with Crippen LogP contribution in [0.15, 0.2) is 11.6 Å². The lowest BCUT2D eigenvalue weighted by Crippen LogP contribution is -2.67. The second-order valence-corrected chi connectivity index (χ2v) is 31.4. The van der Waals surface area contributed by atoms with E-state index < -0.39 is 246 Å². The Kier molecular flexibility index (Phi) is 24.6. The molecule has 0 bridgehead atoms. The molecule has 0 aromatic rings. The van der Waals surface area contributed by atoms with Crippen molar-refractivity contribution in [2.75, 3.05) is 53.9 Å². The van der Waals surface area contributed by atoms with Crippen molar-refractivity contribution >= 4 is 11.9 Å². The van der Waals surface area contributed by atoms with Gasteiger partial charge in [-0.05, 0) is 86.9 Å². The minimum Gasteiger partial charge on any atom is -0.462 e. The molecular formula is C68H110O33. The van der Waals surface area contributed by atoms with E-state index in [1.807, 2.05) is 6.92 Å². The second-order valence-electron chi connectivity index (χ2n) is 31.4. The predicted octanol–water partition coefficient (Wildman–Crippen LogP) is -3.85. The predicted molar refractivity (Wildman–Crippen MR) is 337 cm³/mol. The molecule has 37 atom stereocenters. The molecule has 0 amide bonds. The van der Waals surface area contributed by atoms with Crippen molar-refractivity contribution in [3.05, 3.63) is 11.6 Å². The molecule has 0 aromatic heterocycles. The van der Waals surface area contributed by atoms with Crippen LogP contribution in [0.2, 0.25) is 0 Å². The van der Waals surface area contributed by atoms with Crippen LogP contribution in [0.1, 0.15) is 113 Å². The van der Waals surface area contributed by atoms with Gasteiger partial charge in [0.2, 0.25) is 0 Å². The molecule has 7 saturated heterocycles. The Labute approximate surface area is 585 Å². The summed E-state index contributed by atoms with van der Waals surface area (Å²) in [6, 6.07) is 0. The van der Waals surface area contributed by atoms with E-state index in [0.717, 1.165) is 12.8 Å². The summed E-state index contributed by atoms with van der Waals surface area (Å²) >= 11 is 0. The van der Waals surface area contributed by atoms with E-state index >= 15 is 0 Å². The highest BCUT2D eigenvalue weighted by Gasteiger charge is 2.77. The first-order valence-corrected chi connectivity index (χ1v) is 35.6. The number of hydrogen-bond donors (Lipinski definition) is 15. The van der Waals surface area contributed by atoms with Crippen molar-refractivity contribution in [2.45, 2.75) is 303 Å². The Morgan fingerprint density at radius 2 is 1.05 bits per heavy atom. The zero-order chi connectivity index (χ0) is 73.5. The Bertz CT molecular complexity index is 2820. The van der Waals surface area contributed by atoms with Crippen molar-refractivity contribution in [1.82, 2.24) is 0 Å². The van der Waals surface area contributed by atoms with Gasteiger partial charge in [-0.25, -0.2) is 0 Å². The Morgan fingerprint density at radius 1 is 0.535 bits per heavy atom. The SMILES string of the molecule is CO[C@@H]1[C@@H](O)[C@H](O[C@@H]2[C@@H](O)[C@H](O[C@@H]3CO[C@@H](O[C@H]4CC[C@]5(C)[C@@H]6CC[C@]78C(=O)O[C@@](C)(C[C@H](CC(C)C)OC(C)=O)[C@H]7CC[C@@]8(C)C6=CC[C@H]5C4(C)C)[C@H](O[C@@H]4O[C@H](CO)[C@@H](O[C@@H]5OC[C@@H](O)[C@H](O[C@@H]6O[C@H](CO)[C@@H](O)[C@H](OC)[C@H]6O)[C@H]5O)[C@H](O)[C@H]4O)[C@H]3O)O[C@H](CO)[C@H]2O)O[C@H](CO)[C@H]1O. The number of cyclic esters (lactones) is 1. The van der Waals surface area contributed by atoms with Crippen LogP contribution in [0.25, 0.3) is 0 Å². The van der Waals surface area contributed by atoms with Gasteiger partial charge >= 0.3 is 11.9 Å². The number of carbonyl (C=O) groups is 2. The number of carbonyl (C=O) groups excluding carboxylic acids is 2. The fourth-order valence-corrected chi connectivity index (χ4v) is 19.6. The normalized spacial score (nSPS) is 50.9. The molecule has 0 radical (unpaired) electrons. The van der Waals surface area contributed by atoms with Crippen LogP contribution in [0.3, 0.4) is 0 Å². The maximum Gasteiger partial charge on any atom is 0.313 e. The largest absolute Gasteiger partial charge is 0.462 e. The van der Waals surface area contributed by atoms with Crippen molar-refractivity contribution in [3.63, 3.8) is 0 Å². The summed E-state index contributed by atoms with van der Waals surface area (Å²) in [6.07, 6.45) is -41.1. The van der Waals surface area contributed by atoms with E-state index in [2.05, 4.69) is 47.6 Å². The number of methoxy groups -OCH3 is 2. The lowest BCUT2D eigenvalue weighted by molar-refractivity contribution is -0.396. The summed E-state index contributed by atoms with van der Waals surface area (Å²) in [6.45, 7) is 11.8. The van der Waals surface area contributed by atoms with Crippen LogP contribution < -0.4 is 0 Å². The minimum atomic E-state index is -2.13. The first-order valence-electron chi connectivity index (χ1n) is 35.6. The first-order chi connectivity index (χ1) is 47.7. The van der Waals surface area contributed by atoms with Gasteiger partial charge in [0, 0.05) is 38.9 Å². The highest BCUT2D eigenvalue weighted by Crippen LogP contribution is 2.76. The van der Waals surface area contributed by atoms with Gasteiger partial charge < -0.3 is 152 Å². The number of ether oxygens (including phenoxy) is 16. The molecule has 10 fully saturated rings.